The maximum Gasteiger partial charge on any atom is 0.338 e. The van der Waals surface area contributed by atoms with Gasteiger partial charge in [-0.05, 0) is 48.7 Å². The number of anilines is 2. The lowest BCUT2D eigenvalue weighted by Gasteiger charge is -2.13. The second kappa shape index (κ2) is 9.88. The molecule has 0 aliphatic carbocycles. The Bertz CT molecular complexity index is 914. The Balaban J connectivity index is 1.91. The summed E-state index contributed by atoms with van der Waals surface area (Å²) in [6.45, 7) is 3.49. The van der Waals surface area contributed by atoms with E-state index in [1.807, 2.05) is 32.0 Å². The summed E-state index contributed by atoms with van der Waals surface area (Å²) >= 11 is 0. The molecule has 0 aromatic heterocycles. The fourth-order valence-corrected chi connectivity index (χ4v) is 2.56. The van der Waals surface area contributed by atoms with Crippen LogP contribution in [0.15, 0.2) is 42.5 Å². The summed E-state index contributed by atoms with van der Waals surface area (Å²) in [5.41, 5.74) is 3.39. The highest BCUT2D eigenvalue weighted by Gasteiger charge is 2.13. The molecule has 0 saturated carbocycles. The van der Waals surface area contributed by atoms with Crippen LogP contribution in [-0.2, 0) is 20.7 Å². The van der Waals surface area contributed by atoms with Crippen molar-refractivity contribution in [3.8, 4) is 6.07 Å². The quantitative estimate of drug-likeness (QED) is 0.718. The third kappa shape index (κ3) is 5.68. The molecule has 2 amide bonds. The number of hydrogen-bond donors (Lipinski definition) is 2. The molecule has 0 spiro atoms. The van der Waals surface area contributed by atoms with Crippen LogP contribution >= 0.6 is 0 Å². The van der Waals surface area contributed by atoms with Gasteiger partial charge in [0.2, 0.25) is 5.91 Å². The molecular weight excluding hydrogens is 358 g/mol. The lowest BCUT2D eigenvalue weighted by atomic mass is 10.1. The number of rotatable bonds is 7. The van der Waals surface area contributed by atoms with E-state index in [-0.39, 0.29) is 12.0 Å². The number of hydrogen-bond acceptors (Lipinski definition) is 5. The molecule has 144 valence electrons. The van der Waals surface area contributed by atoms with Crippen molar-refractivity contribution in [1.29, 1.82) is 5.26 Å². The lowest BCUT2D eigenvalue weighted by Crippen LogP contribution is -2.22. The zero-order chi connectivity index (χ0) is 20.5. The lowest BCUT2D eigenvalue weighted by molar-refractivity contribution is -0.119. The number of nitriles is 1. The van der Waals surface area contributed by atoms with Crippen LogP contribution in [-0.4, -0.2) is 24.4 Å². The molecule has 0 aliphatic heterocycles. The predicted molar refractivity (Wildman–Crippen MR) is 105 cm³/mol. The second-order valence-corrected chi connectivity index (χ2v) is 6.05. The molecule has 0 radical (unpaired) electrons. The van der Waals surface area contributed by atoms with Gasteiger partial charge in [-0.25, -0.2) is 4.79 Å². The average molecular weight is 379 g/mol. The van der Waals surface area contributed by atoms with Gasteiger partial charge < -0.3 is 15.4 Å². The average Bonchev–Trinajstić information content (AvgIpc) is 2.68. The number of nitrogens with zero attached hydrogens (tertiary/aromatic N) is 1. The summed E-state index contributed by atoms with van der Waals surface area (Å²) in [5, 5.41) is 13.8. The number of ether oxygens (including phenoxy) is 1. The van der Waals surface area contributed by atoms with E-state index < -0.39 is 24.4 Å². The van der Waals surface area contributed by atoms with Crippen molar-refractivity contribution in [2.75, 3.05) is 17.2 Å². The van der Waals surface area contributed by atoms with Crippen LogP contribution in [0.4, 0.5) is 11.4 Å². The molecule has 2 rings (SSSR count). The molecular formula is C21H21N3O4. The Hall–Kier alpha value is -3.66. The zero-order valence-corrected chi connectivity index (χ0v) is 15.7. The molecule has 0 atom stereocenters. The van der Waals surface area contributed by atoms with E-state index in [9.17, 15) is 14.4 Å². The van der Waals surface area contributed by atoms with Gasteiger partial charge >= 0.3 is 5.97 Å². The highest BCUT2D eigenvalue weighted by molar-refractivity contribution is 5.97. The second-order valence-electron chi connectivity index (χ2n) is 6.05. The number of amides is 2. The summed E-state index contributed by atoms with van der Waals surface area (Å²) < 4.78 is 5.05. The van der Waals surface area contributed by atoms with Crippen LogP contribution < -0.4 is 10.6 Å². The first kappa shape index (κ1) is 20.6. The summed E-state index contributed by atoms with van der Waals surface area (Å²) in [5.74, 6) is -1.50. The van der Waals surface area contributed by atoms with Crippen LogP contribution in [0, 0.1) is 18.3 Å². The normalized spacial score (nSPS) is 9.89. The van der Waals surface area contributed by atoms with Gasteiger partial charge in [0.25, 0.3) is 5.91 Å². The smallest absolute Gasteiger partial charge is 0.338 e. The first-order valence-electron chi connectivity index (χ1n) is 8.77. The van der Waals surface area contributed by atoms with Crippen LogP contribution in [0.2, 0.25) is 0 Å². The maximum atomic E-state index is 12.1. The summed E-state index contributed by atoms with van der Waals surface area (Å²) in [6.07, 6.45) is 0.522. The van der Waals surface area contributed by atoms with Gasteiger partial charge in [-0.3, -0.25) is 9.59 Å². The number of para-hydroxylation sites is 1. The Labute approximate surface area is 163 Å². The van der Waals surface area contributed by atoms with Crippen LogP contribution in [0.1, 0.15) is 34.8 Å². The van der Waals surface area contributed by atoms with E-state index in [4.69, 9.17) is 10.00 Å². The van der Waals surface area contributed by atoms with Gasteiger partial charge in [0.1, 0.15) is 6.42 Å². The van der Waals surface area contributed by atoms with Gasteiger partial charge in [-0.1, -0.05) is 25.1 Å². The minimum absolute atomic E-state index is 0.247. The first-order chi connectivity index (χ1) is 13.4. The van der Waals surface area contributed by atoms with Crippen LogP contribution in [0.3, 0.4) is 0 Å². The fourth-order valence-electron chi connectivity index (χ4n) is 2.56. The molecule has 0 saturated heterocycles. The van der Waals surface area contributed by atoms with E-state index in [1.54, 1.807) is 6.07 Å². The van der Waals surface area contributed by atoms with Crippen molar-refractivity contribution >= 4 is 29.2 Å². The van der Waals surface area contributed by atoms with Gasteiger partial charge in [-0.2, -0.15) is 5.26 Å². The number of benzene rings is 2. The largest absolute Gasteiger partial charge is 0.452 e. The van der Waals surface area contributed by atoms with Crippen molar-refractivity contribution in [3.05, 3.63) is 59.2 Å². The van der Waals surface area contributed by atoms with E-state index in [0.29, 0.717) is 5.69 Å². The van der Waals surface area contributed by atoms with E-state index in [1.165, 1.54) is 24.3 Å². The van der Waals surface area contributed by atoms with Gasteiger partial charge in [0.05, 0.1) is 11.6 Å². The number of esters is 1. The number of carbonyl (C=O) groups excluding carboxylic acids is 3. The molecule has 0 fully saturated rings. The summed E-state index contributed by atoms with van der Waals surface area (Å²) in [6, 6.07) is 13.5. The molecule has 2 aromatic rings. The Morgan fingerprint density at radius 2 is 1.75 bits per heavy atom. The molecule has 2 N–H and O–H groups in total. The zero-order valence-electron chi connectivity index (χ0n) is 15.7. The first-order valence-corrected chi connectivity index (χ1v) is 8.77. The highest BCUT2D eigenvalue weighted by atomic mass is 16.5. The van der Waals surface area contributed by atoms with Crippen molar-refractivity contribution in [2.24, 2.45) is 0 Å². The molecule has 0 unspecified atom stereocenters. The predicted octanol–water partition coefficient (Wildman–Crippen LogP) is 3.21. The van der Waals surface area contributed by atoms with Gasteiger partial charge in [0.15, 0.2) is 6.61 Å². The molecule has 2 aromatic carbocycles. The van der Waals surface area contributed by atoms with Gasteiger partial charge in [0, 0.05) is 11.4 Å². The fraction of sp³-hybridized carbons (Fsp3) is 0.238. The maximum absolute atomic E-state index is 12.1. The minimum atomic E-state index is -0.648. The van der Waals surface area contributed by atoms with Crippen molar-refractivity contribution < 1.29 is 19.1 Å². The molecule has 7 nitrogen and oxygen atoms in total. The number of nitrogens with one attached hydrogen (secondary N) is 2. The van der Waals surface area contributed by atoms with Gasteiger partial charge in [-0.15, -0.1) is 0 Å². The Morgan fingerprint density at radius 3 is 2.39 bits per heavy atom. The third-order valence-corrected chi connectivity index (χ3v) is 3.98. The number of carbonyl (C=O) groups is 3. The van der Waals surface area contributed by atoms with Crippen molar-refractivity contribution in [1.82, 2.24) is 0 Å². The molecule has 7 heteroatoms. The third-order valence-electron chi connectivity index (χ3n) is 3.98. The van der Waals surface area contributed by atoms with Crippen molar-refractivity contribution in [2.45, 2.75) is 26.7 Å². The number of aryl methyl sites for hydroxylation is 2. The summed E-state index contributed by atoms with van der Waals surface area (Å²) in [4.78, 5) is 35.6. The topological polar surface area (TPSA) is 108 Å². The van der Waals surface area contributed by atoms with E-state index in [2.05, 4.69) is 10.6 Å². The van der Waals surface area contributed by atoms with Crippen LogP contribution in [0.5, 0.6) is 0 Å². The van der Waals surface area contributed by atoms with E-state index >= 15 is 0 Å². The minimum Gasteiger partial charge on any atom is -0.452 e. The Morgan fingerprint density at radius 1 is 1.04 bits per heavy atom. The molecule has 0 bridgehead atoms. The molecule has 28 heavy (non-hydrogen) atoms. The highest BCUT2D eigenvalue weighted by Crippen LogP contribution is 2.21. The molecule has 0 aliphatic rings. The van der Waals surface area contributed by atoms with Crippen molar-refractivity contribution in [3.63, 3.8) is 0 Å². The molecule has 0 heterocycles. The monoisotopic (exact) mass is 379 g/mol. The SMILES string of the molecule is CCc1cccc(C)c1NC(=O)COC(=O)c1ccc(NC(=O)CC#N)cc1. The standard InChI is InChI=1S/C21H21N3O4/c1-3-15-6-4-5-14(2)20(15)24-19(26)13-28-21(27)16-7-9-17(10-8-16)23-18(25)11-12-22/h4-10H,3,11,13H2,1-2H3,(H,23,25)(H,24,26). The van der Waals surface area contributed by atoms with Crippen LogP contribution in [0.25, 0.3) is 0 Å². The Kier molecular flexibility index (Phi) is 7.28. The van der Waals surface area contributed by atoms with E-state index in [0.717, 1.165) is 23.2 Å². The summed E-state index contributed by atoms with van der Waals surface area (Å²) in [7, 11) is 0.